The van der Waals surface area contributed by atoms with Gasteiger partial charge in [0.05, 0.1) is 17.9 Å². The third-order valence-corrected chi connectivity index (χ3v) is 9.77. The first-order chi connectivity index (χ1) is 19.1. The summed E-state index contributed by atoms with van der Waals surface area (Å²) in [6.07, 6.45) is 9.55. The standard InChI is InChI=1S/C27H33BrN6O5S/c1-2-29-24(38)21(35)6-5-18(31-23(37)20-13-30-40-33-20)22(36)32-19-4-3-7-34(25(19)39)15-26-9-16-8-17(10-26)12-27(28,11-16)14-26/h3-4,7,13,16-18H,2,5-6,8-12,14-15H2,1H3,(H,29,38)(H,31,37)(H,32,36)/t16?,17?,18-,26?,27?/m0/s1. The van der Waals surface area contributed by atoms with E-state index in [1.807, 2.05) is 0 Å². The highest BCUT2D eigenvalue weighted by atomic mass is 79.9. The molecule has 3 N–H and O–H groups in total. The number of ketones is 1. The summed E-state index contributed by atoms with van der Waals surface area (Å²) in [4.78, 5) is 63.5. The lowest BCUT2D eigenvalue weighted by Crippen LogP contribution is -2.54. The minimum atomic E-state index is -1.18. The molecule has 2 aromatic heterocycles. The van der Waals surface area contributed by atoms with Crippen molar-refractivity contribution in [1.82, 2.24) is 23.9 Å². The van der Waals surface area contributed by atoms with Gasteiger partial charge < -0.3 is 20.5 Å². The van der Waals surface area contributed by atoms with E-state index in [0.29, 0.717) is 24.9 Å². The fourth-order valence-corrected chi connectivity index (χ4v) is 9.20. The average Bonchev–Trinajstić information content (AvgIpc) is 3.42. The first kappa shape index (κ1) is 28.6. The number of Topliss-reactive ketones (excluding diaryl/α,β-unsaturated/α-hetero) is 1. The van der Waals surface area contributed by atoms with Crippen molar-refractivity contribution in [2.45, 2.75) is 75.2 Å². The Bertz CT molecular complexity index is 1350. The lowest BCUT2D eigenvalue weighted by atomic mass is 9.49. The largest absolute Gasteiger partial charge is 0.350 e. The number of pyridine rings is 1. The molecule has 4 aliphatic carbocycles. The Morgan fingerprint density at radius 1 is 1.20 bits per heavy atom. The summed E-state index contributed by atoms with van der Waals surface area (Å²) in [6.45, 7) is 2.58. The van der Waals surface area contributed by atoms with Gasteiger partial charge in [-0.05, 0) is 81.3 Å². The van der Waals surface area contributed by atoms with Crippen LogP contribution in [-0.4, -0.2) is 53.7 Å². The van der Waals surface area contributed by atoms with Crippen LogP contribution in [0.4, 0.5) is 5.69 Å². The maximum atomic E-state index is 13.5. The van der Waals surface area contributed by atoms with Crippen molar-refractivity contribution in [3.05, 3.63) is 40.6 Å². The van der Waals surface area contributed by atoms with Crippen LogP contribution in [0.3, 0.4) is 0 Å². The second-order valence-electron chi connectivity index (χ2n) is 11.6. The zero-order valence-electron chi connectivity index (χ0n) is 22.3. The summed E-state index contributed by atoms with van der Waals surface area (Å²) in [6, 6.07) is 2.08. The molecular formula is C27H33BrN6O5S. The van der Waals surface area contributed by atoms with E-state index in [4.69, 9.17) is 0 Å². The number of amides is 3. The number of hydrogen-bond donors (Lipinski definition) is 3. The van der Waals surface area contributed by atoms with E-state index < -0.39 is 29.5 Å². The number of hydrogen-bond acceptors (Lipinski definition) is 8. The van der Waals surface area contributed by atoms with Gasteiger partial charge in [-0.1, -0.05) is 15.9 Å². The predicted octanol–water partition coefficient (Wildman–Crippen LogP) is 2.66. The van der Waals surface area contributed by atoms with Gasteiger partial charge >= 0.3 is 0 Å². The maximum Gasteiger partial charge on any atom is 0.287 e. The van der Waals surface area contributed by atoms with Gasteiger partial charge in [0.15, 0.2) is 5.69 Å². The number of nitrogens with one attached hydrogen (secondary N) is 3. The van der Waals surface area contributed by atoms with Gasteiger partial charge in [0, 0.05) is 30.0 Å². The van der Waals surface area contributed by atoms with Crippen LogP contribution in [0.1, 0.15) is 68.8 Å². The van der Waals surface area contributed by atoms with Crippen LogP contribution in [0.2, 0.25) is 0 Å². The van der Waals surface area contributed by atoms with E-state index >= 15 is 0 Å². The van der Waals surface area contributed by atoms with Crippen LogP contribution in [0.5, 0.6) is 0 Å². The van der Waals surface area contributed by atoms with Crippen molar-refractivity contribution in [3.63, 3.8) is 0 Å². The molecule has 4 fully saturated rings. The Balaban J connectivity index is 1.30. The number of aromatic nitrogens is 3. The van der Waals surface area contributed by atoms with Crippen molar-refractivity contribution in [3.8, 4) is 0 Å². The fraction of sp³-hybridized carbons (Fsp3) is 0.593. The molecule has 2 heterocycles. The maximum absolute atomic E-state index is 13.5. The average molecular weight is 634 g/mol. The molecule has 3 atom stereocenters. The molecule has 6 rings (SSSR count). The zero-order chi connectivity index (χ0) is 28.5. The molecule has 4 saturated carbocycles. The van der Waals surface area contributed by atoms with E-state index in [1.165, 1.54) is 31.5 Å². The van der Waals surface area contributed by atoms with E-state index in [2.05, 4.69) is 40.6 Å². The van der Waals surface area contributed by atoms with Crippen LogP contribution in [0, 0.1) is 17.3 Å². The van der Waals surface area contributed by atoms with E-state index in [9.17, 15) is 24.0 Å². The van der Waals surface area contributed by atoms with Gasteiger partial charge in [-0.15, -0.1) is 0 Å². The molecule has 3 amide bonds. The molecule has 2 aromatic rings. The monoisotopic (exact) mass is 632 g/mol. The molecule has 11 nitrogen and oxygen atoms in total. The van der Waals surface area contributed by atoms with Crippen LogP contribution in [0.25, 0.3) is 0 Å². The van der Waals surface area contributed by atoms with Gasteiger partial charge in [0.2, 0.25) is 11.7 Å². The second kappa shape index (κ2) is 11.5. The topological polar surface area (TPSA) is 152 Å². The third kappa shape index (κ3) is 6.19. The van der Waals surface area contributed by atoms with Crippen molar-refractivity contribution in [2.24, 2.45) is 17.3 Å². The first-order valence-electron chi connectivity index (χ1n) is 13.7. The van der Waals surface area contributed by atoms with E-state index in [-0.39, 0.29) is 39.5 Å². The summed E-state index contributed by atoms with van der Waals surface area (Å²) in [5.74, 6) is -1.40. The van der Waals surface area contributed by atoms with Gasteiger partial charge in [0.25, 0.3) is 17.4 Å². The number of alkyl halides is 1. The number of anilines is 1. The molecule has 40 heavy (non-hydrogen) atoms. The summed E-state index contributed by atoms with van der Waals surface area (Å²) in [7, 11) is 0. The van der Waals surface area contributed by atoms with Gasteiger partial charge in [0.1, 0.15) is 11.7 Å². The summed E-state index contributed by atoms with van der Waals surface area (Å²) in [5.41, 5.74) is -0.143. The molecule has 0 radical (unpaired) electrons. The summed E-state index contributed by atoms with van der Waals surface area (Å²) in [5, 5.41) is 7.65. The highest BCUT2D eigenvalue weighted by Gasteiger charge is 2.56. The molecule has 0 aliphatic heterocycles. The van der Waals surface area contributed by atoms with Crippen LogP contribution < -0.4 is 21.5 Å². The Kier molecular flexibility index (Phi) is 8.23. The minimum absolute atomic E-state index is 0.0278. The normalized spacial score (nSPS) is 27.1. The second-order valence-corrected chi connectivity index (χ2v) is 13.8. The lowest BCUT2D eigenvalue weighted by Gasteiger charge is -2.60. The zero-order valence-corrected chi connectivity index (χ0v) is 24.7. The van der Waals surface area contributed by atoms with E-state index in [0.717, 1.165) is 31.0 Å². The Morgan fingerprint density at radius 2 is 1.95 bits per heavy atom. The molecule has 4 bridgehead atoms. The molecule has 2 unspecified atom stereocenters. The SMILES string of the molecule is CCNC(=O)C(=O)CC[C@H](NC(=O)c1cnsn1)C(=O)Nc1cccn(CC23CC4CC(CC(Br)(C4)C2)C3)c1=O. The van der Waals surface area contributed by atoms with Gasteiger partial charge in [-0.2, -0.15) is 8.75 Å². The van der Waals surface area contributed by atoms with Crippen molar-refractivity contribution < 1.29 is 19.2 Å². The Morgan fingerprint density at radius 3 is 2.60 bits per heavy atom. The quantitative estimate of drug-likeness (QED) is 0.254. The van der Waals surface area contributed by atoms with Crippen molar-refractivity contribution in [1.29, 1.82) is 0 Å². The molecule has 4 aliphatic rings. The molecular weight excluding hydrogens is 600 g/mol. The highest BCUT2D eigenvalue weighted by molar-refractivity contribution is 9.10. The molecule has 0 spiro atoms. The third-order valence-electron chi connectivity index (χ3n) is 8.36. The number of likely N-dealkylation sites (N-methyl/N-ethyl adjacent to an activating group) is 1. The summed E-state index contributed by atoms with van der Waals surface area (Å²) >= 11 is 4.87. The minimum Gasteiger partial charge on any atom is -0.350 e. The Labute approximate surface area is 244 Å². The number of nitrogens with zero attached hydrogens (tertiary/aromatic N) is 3. The fourth-order valence-electron chi connectivity index (χ4n) is 7.27. The van der Waals surface area contributed by atoms with E-state index in [1.54, 1.807) is 23.8 Å². The molecule has 214 valence electrons. The van der Waals surface area contributed by atoms with Crippen LogP contribution in [0.15, 0.2) is 29.3 Å². The van der Waals surface area contributed by atoms with Crippen molar-refractivity contribution >= 4 is 56.9 Å². The highest BCUT2D eigenvalue weighted by Crippen LogP contribution is 2.64. The predicted molar refractivity (Wildman–Crippen MR) is 152 cm³/mol. The van der Waals surface area contributed by atoms with Crippen molar-refractivity contribution in [2.75, 3.05) is 11.9 Å². The van der Waals surface area contributed by atoms with Crippen LogP contribution >= 0.6 is 27.7 Å². The van der Waals surface area contributed by atoms with Crippen LogP contribution in [-0.2, 0) is 20.9 Å². The number of rotatable bonds is 11. The number of carbonyl (C=O) groups excluding carboxylic acids is 4. The van der Waals surface area contributed by atoms with Gasteiger partial charge in [-0.3, -0.25) is 24.0 Å². The summed E-state index contributed by atoms with van der Waals surface area (Å²) < 4.78 is 9.53. The Hall–Kier alpha value is -2.93. The number of halogens is 1. The molecule has 13 heteroatoms. The molecule has 0 aromatic carbocycles. The van der Waals surface area contributed by atoms with Gasteiger partial charge in [-0.25, -0.2) is 0 Å². The number of carbonyl (C=O) groups is 4. The lowest BCUT2D eigenvalue weighted by molar-refractivity contribution is -0.138. The first-order valence-corrected chi connectivity index (χ1v) is 15.2. The molecule has 0 saturated heterocycles. The smallest absolute Gasteiger partial charge is 0.287 e.